The van der Waals surface area contributed by atoms with Gasteiger partial charge in [0.15, 0.2) is 10.8 Å². The highest BCUT2D eigenvalue weighted by Gasteiger charge is 2.12. The molecule has 0 aliphatic carbocycles. The average molecular weight is 288 g/mol. The largest absolute Gasteiger partial charge is 0.462 e. The summed E-state index contributed by atoms with van der Waals surface area (Å²) in [5, 5.41) is 5.25. The molecule has 0 saturated carbocycles. The van der Waals surface area contributed by atoms with Crippen molar-refractivity contribution in [1.29, 1.82) is 0 Å². The van der Waals surface area contributed by atoms with Gasteiger partial charge in [0.05, 0.1) is 12.6 Å². The molecule has 0 radical (unpaired) electrons. The van der Waals surface area contributed by atoms with Crippen LogP contribution < -0.4 is 5.32 Å². The van der Waals surface area contributed by atoms with E-state index in [9.17, 15) is 4.79 Å². The molecule has 3 aromatic heterocycles. The Bertz CT molecular complexity index is 673. The number of imidazole rings is 1. The predicted molar refractivity (Wildman–Crippen MR) is 74.4 cm³/mol. The zero-order valence-corrected chi connectivity index (χ0v) is 11.3. The van der Waals surface area contributed by atoms with Gasteiger partial charge in [0.2, 0.25) is 0 Å². The molecule has 0 atom stereocenters. The fraction of sp³-hybridized carbons (Fsp3) is 0.154. The number of amides is 1. The van der Waals surface area contributed by atoms with Crippen LogP contribution in [-0.4, -0.2) is 27.4 Å². The molecule has 3 rings (SSSR count). The third kappa shape index (κ3) is 2.77. The lowest BCUT2D eigenvalue weighted by molar-refractivity contribution is 0.0950. The number of rotatable bonds is 5. The Labute approximate surface area is 118 Å². The minimum Gasteiger partial charge on any atom is -0.462 e. The van der Waals surface area contributed by atoms with E-state index in [1.54, 1.807) is 30.2 Å². The van der Waals surface area contributed by atoms with Crippen LogP contribution in [0, 0.1) is 0 Å². The van der Waals surface area contributed by atoms with E-state index < -0.39 is 0 Å². The van der Waals surface area contributed by atoms with Crippen LogP contribution in [0.25, 0.3) is 10.8 Å². The lowest BCUT2D eigenvalue weighted by atomic mass is 10.3. The van der Waals surface area contributed by atoms with Crippen LogP contribution in [0.1, 0.15) is 16.2 Å². The van der Waals surface area contributed by atoms with Crippen molar-refractivity contribution in [3.63, 3.8) is 0 Å². The maximum atomic E-state index is 11.9. The second-order valence-electron chi connectivity index (χ2n) is 4.10. The van der Waals surface area contributed by atoms with Gasteiger partial charge in [-0.2, -0.15) is 0 Å². The molecule has 20 heavy (non-hydrogen) atoms. The molecule has 2 N–H and O–H groups in total. The number of nitrogens with one attached hydrogen (secondary N) is 2. The Hall–Kier alpha value is -2.41. The van der Waals surface area contributed by atoms with Crippen molar-refractivity contribution in [1.82, 2.24) is 20.3 Å². The number of hydrogen-bond acceptors (Lipinski definition) is 5. The third-order valence-corrected chi connectivity index (χ3v) is 3.56. The summed E-state index contributed by atoms with van der Waals surface area (Å²) in [6, 6.07) is 3.61. The van der Waals surface area contributed by atoms with Crippen molar-refractivity contribution in [3.05, 3.63) is 47.7 Å². The SMILES string of the molecule is O=C(NCCc1cnc[nH]1)c1csc(-c2ccco2)n1. The molecule has 0 aliphatic rings. The summed E-state index contributed by atoms with van der Waals surface area (Å²) in [4.78, 5) is 23.1. The van der Waals surface area contributed by atoms with E-state index in [1.807, 2.05) is 6.07 Å². The highest BCUT2D eigenvalue weighted by Crippen LogP contribution is 2.23. The molecule has 3 aromatic rings. The Morgan fingerprint density at radius 2 is 2.45 bits per heavy atom. The van der Waals surface area contributed by atoms with E-state index in [1.165, 1.54) is 11.3 Å². The molecule has 0 saturated heterocycles. The highest BCUT2D eigenvalue weighted by atomic mass is 32.1. The summed E-state index contributed by atoms with van der Waals surface area (Å²) in [7, 11) is 0. The van der Waals surface area contributed by atoms with Gasteiger partial charge in [-0.25, -0.2) is 9.97 Å². The van der Waals surface area contributed by atoms with Gasteiger partial charge < -0.3 is 14.7 Å². The summed E-state index contributed by atoms with van der Waals surface area (Å²) >= 11 is 1.38. The van der Waals surface area contributed by atoms with Crippen LogP contribution in [-0.2, 0) is 6.42 Å². The molecule has 0 spiro atoms. The van der Waals surface area contributed by atoms with E-state index in [2.05, 4.69) is 20.3 Å². The van der Waals surface area contributed by atoms with Crippen molar-refractivity contribution < 1.29 is 9.21 Å². The lowest BCUT2D eigenvalue weighted by Crippen LogP contribution is -2.26. The van der Waals surface area contributed by atoms with Crippen molar-refractivity contribution in [2.24, 2.45) is 0 Å². The van der Waals surface area contributed by atoms with Gasteiger partial charge in [0, 0.05) is 30.2 Å². The van der Waals surface area contributed by atoms with E-state index in [0.717, 1.165) is 5.69 Å². The lowest BCUT2D eigenvalue weighted by Gasteiger charge is -2.01. The van der Waals surface area contributed by atoms with E-state index >= 15 is 0 Å². The van der Waals surface area contributed by atoms with Gasteiger partial charge in [-0.3, -0.25) is 4.79 Å². The van der Waals surface area contributed by atoms with Gasteiger partial charge in [0.1, 0.15) is 5.69 Å². The quantitative estimate of drug-likeness (QED) is 0.753. The maximum Gasteiger partial charge on any atom is 0.270 e. The minimum absolute atomic E-state index is 0.182. The topological polar surface area (TPSA) is 83.8 Å². The summed E-state index contributed by atoms with van der Waals surface area (Å²) in [5.41, 5.74) is 1.39. The standard InChI is InChI=1S/C13H12N4O2S/c18-12(15-4-3-9-6-14-8-16-9)10-7-20-13(17-10)11-2-1-5-19-11/h1-2,5-8H,3-4H2,(H,14,16)(H,15,18). The smallest absolute Gasteiger partial charge is 0.270 e. The molecule has 1 amide bonds. The summed E-state index contributed by atoms with van der Waals surface area (Å²) in [6.45, 7) is 0.536. The molecule has 102 valence electrons. The van der Waals surface area contributed by atoms with Crippen LogP contribution in [0.2, 0.25) is 0 Å². The monoisotopic (exact) mass is 288 g/mol. The fourth-order valence-corrected chi connectivity index (χ4v) is 2.48. The first kappa shape index (κ1) is 12.6. The molecule has 6 nitrogen and oxygen atoms in total. The molecule has 3 heterocycles. The van der Waals surface area contributed by atoms with Gasteiger partial charge >= 0.3 is 0 Å². The number of aromatic amines is 1. The molecular weight excluding hydrogens is 276 g/mol. The number of carbonyl (C=O) groups excluding carboxylic acids is 1. The summed E-state index contributed by atoms with van der Waals surface area (Å²) in [6.07, 6.45) is 5.65. The van der Waals surface area contributed by atoms with E-state index in [-0.39, 0.29) is 5.91 Å². The van der Waals surface area contributed by atoms with Gasteiger partial charge in [-0.1, -0.05) is 0 Å². The molecular formula is C13H12N4O2S. The highest BCUT2D eigenvalue weighted by molar-refractivity contribution is 7.13. The second-order valence-corrected chi connectivity index (χ2v) is 4.96. The van der Waals surface area contributed by atoms with Crippen molar-refractivity contribution >= 4 is 17.2 Å². The molecule has 0 fully saturated rings. The number of nitrogens with zero attached hydrogens (tertiary/aromatic N) is 2. The van der Waals surface area contributed by atoms with Gasteiger partial charge in [0.25, 0.3) is 5.91 Å². The second kappa shape index (κ2) is 5.70. The molecule has 0 bridgehead atoms. The average Bonchev–Trinajstić information content (AvgIpc) is 3.20. The molecule has 0 aliphatic heterocycles. The zero-order chi connectivity index (χ0) is 13.8. The number of H-pyrrole nitrogens is 1. The Morgan fingerprint density at radius 3 is 3.20 bits per heavy atom. The Balaban J connectivity index is 1.57. The Kier molecular flexibility index (Phi) is 3.60. The fourth-order valence-electron chi connectivity index (χ4n) is 1.71. The third-order valence-electron chi connectivity index (χ3n) is 2.70. The first-order valence-corrected chi connectivity index (χ1v) is 6.96. The predicted octanol–water partition coefficient (Wildman–Crippen LogP) is 2.10. The van der Waals surface area contributed by atoms with Crippen LogP contribution in [0.15, 0.2) is 40.7 Å². The van der Waals surface area contributed by atoms with Crippen molar-refractivity contribution in [2.75, 3.05) is 6.54 Å². The normalized spacial score (nSPS) is 10.6. The van der Waals surface area contributed by atoms with Gasteiger partial charge in [-0.15, -0.1) is 11.3 Å². The van der Waals surface area contributed by atoms with Crippen molar-refractivity contribution in [3.8, 4) is 10.8 Å². The van der Waals surface area contributed by atoms with E-state index in [0.29, 0.717) is 29.4 Å². The summed E-state index contributed by atoms with van der Waals surface area (Å²) < 4.78 is 5.25. The molecule has 7 heteroatoms. The number of thiazole rings is 1. The minimum atomic E-state index is -0.182. The van der Waals surface area contributed by atoms with Crippen LogP contribution >= 0.6 is 11.3 Å². The zero-order valence-electron chi connectivity index (χ0n) is 10.5. The van der Waals surface area contributed by atoms with Gasteiger partial charge in [-0.05, 0) is 12.1 Å². The van der Waals surface area contributed by atoms with E-state index in [4.69, 9.17) is 4.42 Å². The van der Waals surface area contributed by atoms with Crippen LogP contribution in [0.5, 0.6) is 0 Å². The maximum absolute atomic E-state index is 11.9. The first-order chi connectivity index (χ1) is 9.83. The number of furan rings is 1. The molecule has 0 aromatic carbocycles. The summed E-state index contributed by atoms with van der Waals surface area (Å²) in [5.74, 6) is 0.491. The number of aromatic nitrogens is 3. The number of carbonyl (C=O) groups is 1. The first-order valence-electron chi connectivity index (χ1n) is 6.08. The number of hydrogen-bond donors (Lipinski definition) is 2. The molecule has 0 unspecified atom stereocenters. The van der Waals surface area contributed by atoms with Crippen molar-refractivity contribution in [2.45, 2.75) is 6.42 Å². The van der Waals surface area contributed by atoms with Crippen LogP contribution in [0.3, 0.4) is 0 Å². The van der Waals surface area contributed by atoms with Crippen LogP contribution in [0.4, 0.5) is 0 Å². The Morgan fingerprint density at radius 1 is 1.50 bits per heavy atom.